The smallest absolute Gasteiger partial charge is 0.120 e. The van der Waals surface area contributed by atoms with E-state index in [0.29, 0.717) is 0 Å². The molecule has 0 atom stereocenters. The summed E-state index contributed by atoms with van der Waals surface area (Å²) >= 11 is 5.88. The second kappa shape index (κ2) is 6.84. The van der Waals surface area contributed by atoms with Crippen molar-refractivity contribution in [3.63, 3.8) is 0 Å². The molecule has 1 saturated heterocycles. The van der Waals surface area contributed by atoms with E-state index < -0.39 is 0 Å². The Balaban J connectivity index is 1.62. The first-order valence-electron chi connectivity index (χ1n) is 6.03. The molecule has 1 aliphatic heterocycles. The van der Waals surface area contributed by atoms with Crippen LogP contribution in [-0.2, 0) is 4.74 Å². The molecule has 1 aromatic rings. The highest BCUT2D eigenvalue weighted by atomic mass is 35.5. The number of hydrogen-bond donors (Lipinski definition) is 0. The SMILES string of the molecule is Clc1cccc(OCCCN2CCOCC2)c1. The summed E-state index contributed by atoms with van der Waals surface area (Å²) in [6.45, 7) is 5.60. The minimum atomic E-state index is 0.718. The first-order valence-corrected chi connectivity index (χ1v) is 6.41. The van der Waals surface area contributed by atoms with Crippen LogP contribution in [0.3, 0.4) is 0 Å². The molecule has 1 heterocycles. The molecular weight excluding hydrogens is 238 g/mol. The first-order chi connectivity index (χ1) is 8.34. The van der Waals surface area contributed by atoms with Crippen LogP contribution in [-0.4, -0.2) is 44.4 Å². The highest BCUT2D eigenvalue weighted by Crippen LogP contribution is 2.17. The number of hydrogen-bond acceptors (Lipinski definition) is 3. The van der Waals surface area contributed by atoms with Crippen LogP contribution >= 0.6 is 11.6 Å². The number of rotatable bonds is 5. The second-order valence-corrected chi connectivity index (χ2v) is 4.55. The Bertz CT molecular complexity index is 340. The number of morpholine rings is 1. The van der Waals surface area contributed by atoms with Crippen LogP contribution in [0.5, 0.6) is 5.75 Å². The molecule has 1 fully saturated rings. The molecule has 0 aliphatic carbocycles. The van der Waals surface area contributed by atoms with Crippen molar-refractivity contribution >= 4 is 11.6 Å². The predicted molar refractivity (Wildman–Crippen MR) is 68.8 cm³/mol. The predicted octanol–water partition coefficient (Wildman–Crippen LogP) is 2.44. The molecule has 94 valence electrons. The van der Waals surface area contributed by atoms with Crippen molar-refractivity contribution in [2.24, 2.45) is 0 Å². The molecule has 0 N–H and O–H groups in total. The van der Waals surface area contributed by atoms with E-state index in [4.69, 9.17) is 21.1 Å². The minimum Gasteiger partial charge on any atom is -0.493 e. The van der Waals surface area contributed by atoms with Gasteiger partial charge in [-0.2, -0.15) is 0 Å². The molecule has 0 radical (unpaired) electrons. The molecule has 0 bridgehead atoms. The Morgan fingerprint density at radius 1 is 1.29 bits per heavy atom. The molecule has 0 spiro atoms. The van der Waals surface area contributed by atoms with E-state index in [9.17, 15) is 0 Å². The van der Waals surface area contributed by atoms with Gasteiger partial charge in [0.2, 0.25) is 0 Å². The first kappa shape index (κ1) is 12.7. The van der Waals surface area contributed by atoms with Crippen molar-refractivity contribution in [1.82, 2.24) is 4.90 Å². The third kappa shape index (κ3) is 4.54. The van der Waals surface area contributed by atoms with Crippen LogP contribution in [0.2, 0.25) is 5.02 Å². The molecule has 0 unspecified atom stereocenters. The van der Waals surface area contributed by atoms with Gasteiger partial charge in [0.1, 0.15) is 5.75 Å². The van der Waals surface area contributed by atoms with Gasteiger partial charge in [0.15, 0.2) is 0 Å². The molecular formula is C13H18ClNO2. The van der Waals surface area contributed by atoms with E-state index in [2.05, 4.69) is 4.90 Å². The Hall–Kier alpha value is -0.770. The quantitative estimate of drug-likeness (QED) is 0.755. The van der Waals surface area contributed by atoms with Gasteiger partial charge < -0.3 is 9.47 Å². The zero-order valence-electron chi connectivity index (χ0n) is 9.90. The summed E-state index contributed by atoms with van der Waals surface area (Å²) in [4.78, 5) is 2.41. The second-order valence-electron chi connectivity index (χ2n) is 4.11. The Labute approximate surface area is 107 Å². The van der Waals surface area contributed by atoms with Gasteiger partial charge in [-0.1, -0.05) is 17.7 Å². The summed E-state index contributed by atoms with van der Waals surface area (Å²) in [6, 6.07) is 7.53. The Morgan fingerprint density at radius 2 is 2.12 bits per heavy atom. The number of nitrogens with zero attached hydrogens (tertiary/aromatic N) is 1. The van der Waals surface area contributed by atoms with E-state index in [1.807, 2.05) is 24.3 Å². The van der Waals surface area contributed by atoms with Gasteiger partial charge >= 0.3 is 0 Å². The fraction of sp³-hybridized carbons (Fsp3) is 0.538. The zero-order valence-corrected chi connectivity index (χ0v) is 10.7. The van der Waals surface area contributed by atoms with E-state index in [1.165, 1.54) is 0 Å². The van der Waals surface area contributed by atoms with Crippen LogP contribution in [0.4, 0.5) is 0 Å². The molecule has 1 aliphatic rings. The van der Waals surface area contributed by atoms with Crippen LogP contribution < -0.4 is 4.74 Å². The third-order valence-corrected chi connectivity index (χ3v) is 3.02. The standard InChI is InChI=1S/C13H18ClNO2/c14-12-3-1-4-13(11-12)17-8-2-5-15-6-9-16-10-7-15/h1,3-4,11H,2,5-10H2. The monoisotopic (exact) mass is 255 g/mol. The van der Waals surface area contributed by atoms with Gasteiger partial charge in [0, 0.05) is 24.7 Å². The van der Waals surface area contributed by atoms with Gasteiger partial charge in [0.25, 0.3) is 0 Å². The van der Waals surface area contributed by atoms with Gasteiger partial charge in [-0.15, -0.1) is 0 Å². The lowest BCUT2D eigenvalue weighted by molar-refractivity contribution is 0.0358. The summed E-state index contributed by atoms with van der Waals surface area (Å²) in [6.07, 6.45) is 1.03. The number of benzene rings is 1. The fourth-order valence-electron chi connectivity index (χ4n) is 1.86. The van der Waals surface area contributed by atoms with E-state index in [0.717, 1.165) is 56.6 Å². The zero-order chi connectivity index (χ0) is 11.9. The van der Waals surface area contributed by atoms with Crippen LogP contribution in [0.15, 0.2) is 24.3 Å². The average Bonchev–Trinajstić information content (AvgIpc) is 2.36. The Morgan fingerprint density at radius 3 is 2.88 bits per heavy atom. The number of ether oxygens (including phenoxy) is 2. The van der Waals surface area contributed by atoms with Crippen molar-refractivity contribution < 1.29 is 9.47 Å². The average molecular weight is 256 g/mol. The van der Waals surface area contributed by atoms with Crippen LogP contribution in [0.25, 0.3) is 0 Å². The molecule has 17 heavy (non-hydrogen) atoms. The minimum absolute atomic E-state index is 0.718. The molecule has 0 aromatic heterocycles. The van der Waals surface area contributed by atoms with Crippen molar-refractivity contribution in [3.8, 4) is 5.75 Å². The van der Waals surface area contributed by atoms with Gasteiger partial charge in [0.05, 0.1) is 19.8 Å². The van der Waals surface area contributed by atoms with Crippen molar-refractivity contribution in [1.29, 1.82) is 0 Å². The lowest BCUT2D eigenvalue weighted by atomic mass is 10.3. The maximum Gasteiger partial charge on any atom is 0.120 e. The summed E-state index contributed by atoms with van der Waals surface area (Å²) in [5.41, 5.74) is 0. The van der Waals surface area contributed by atoms with Crippen molar-refractivity contribution in [3.05, 3.63) is 29.3 Å². The lowest BCUT2D eigenvalue weighted by Gasteiger charge is -2.26. The molecule has 4 heteroatoms. The molecule has 0 amide bonds. The van der Waals surface area contributed by atoms with Crippen LogP contribution in [0, 0.1) is 0 Å². The maximum atomic E-state index is 5.88. The lowest BCUT2D eigenvalue weighted by Crippen LogP contribution is -2.37. The molecule has 0 saturated carbocycles. The summed E-state index contributed by atoms with van der Waals surface area (Å²) < 4.78 is 10.9. The normalized spacial score (nSPS) is 17.0. The van der Waals surface area contributed by atoms with E-state index >= 15 is 0 Å². The molecule has 2 rings (SSSR count). The van der Waals surface area contributed by atoms with Crippen molar-refractivity contribution in [2.45, 2.75) is 6.42 Å². The van der Waals surface area contributed by atoms with Crippen LogP contribution in [0.1, 0.15) is 6.42 Å². The number of halogens is 1. The maximum absolute atomic E-state index is 5.88. The molecule has 1 aromatic carbocycles. The summed E-state index contributed by atoms with van der Waals surface area (Å²) in [5.74, 6) is 0.847. The topological polar surface area (TPSA) is 21.7 Å². The summed E-state index contributed by atoms with van der Waals surface area (Å²) in [7, 11) is 0. The highest BCUT2D eigenvalue weighted by Gasteiger charge is 2.09. The fourth-order valence-corrected chi connectivity index (χ4v) is 2.04. The van der Waals surface area contributed by atoms with E-state index in [-0.39, 0.29) is 0 Å². The van der Waals surface area contributed by atoms with E-state index in [1.54, 1.807) is 0 Å². The van der Waals surface area contributed by atoms with Gasteiger partial charge in [-0.3, -0.25) is 4.90 Å². The molecule has 3 nitrogen and oxygen atoms in total. The van der Waals surface area contributed by atoms with Gasteiger partial charge in [-0.25, -0.2) is 0 Å². The highest BCUT2D eigenvalue weighted by molar-refractivity contribution is 6.30. The third-order valence-electron chi connectivity index (χ3n) is 2.79. The Kier molecular flexibility index (Phi) is 5.10. The van der Waals surface area contributed by atoms with Crippen molar-refractivity contribution in [2.75, 3.05) is 39.5 Å². The van der Waals surface area contributed by atoms with Gasteiger partial charge in [-0.05, 0) is 24.6 Å². The largest absolute Gasteiger partial charge is 0.493 e. The summed E-state index contributed by atoms with van der Waals surface area (Å²) in [5, 5.41) is 0.718.